The lowest BCUT2D eigenvalue weighted by Crippen LogP contribution is -2.18. The zero-order valence-electron chi connectivity index (χ0n) is 14.8. The molecule has 0 atom stereocenters. The number of pyridine rings is 1. The van der Waals surface area contributed by atoms with Crippen LogP contribution in [0.25, 0.3) is 5.69 Å². The number of hydrogen-bond donors (Lipinski definition) is 2. The highest BCUT2D eigenvalue weighted by molar-refractivity contribution is 7.89. The molecule has 9 nitrogen and oxygen atoms in total. The van der Waals surface area contributed by atoms with Crippen LogP contribution < -0.4 is 10.5 Å². The van der Waals surface area contributed by atoms with Crippen molar-refractivity contribution in [3.05, 3.63) is 59.4 Å². The van der Waals surface area contributed by atoms with Gasteiger partial charge in [0, 0.05) is 11.9 Å². The molecular formula is C16H12ClF3N6O3S. The molecule has 1 aromatic carbocycles. The van der Waals surface area contributed by atoms with Crippen LogP contribution in [0.15, 0.2) is 47.8 Å². The summed E-state index contributed by atoms with van der Waals surface area (Å²) in [6, 6.07) is 6.61. The first-order chi connectivity index (χ1) is 13.9. The van der Waals surface area contributed by atoms with Gasteiger partial charge in [0.1, 0.15) is 16.4 Å². The lowest BCUT2D eigenvalue weighted by Gasteiger charge is -2.11. The van der Waals surface area contributed by atoms with Crippen LogP contribution in [0.2, 0.25) is 5.15 Å². The highest BCUT2D eigenvalue weighted by atomic mass is 35.5. The van der Waals surface area contributed by atoms with Crippen molar-refractivity contribution < 1.29 is 26.4 Å². The largest absolute Gasteiger partial charge is 0.453 e. The van der Waals surface area contributed by atoms with E-state index in [2.05, 4.69) is 20.4 Å². The van der Waals surface area contributed by atoms with Crippen molar-refractivity contribution in [3.63, 3.8) is 0 Å². The number of aromatic nitrogens is 4. The number of carbonyl (C=O) groups excluding carboxylic acids is 1. The van der Waals surface area contributed by atoms with Crippen LogP contribution in [-0.4, -0.2) is 34.1 Å². The van der Waals surface area contributed by atoms with Crippen molar-refractivity contribution in [3.8, 4) is 5.69 Å². The summed E-state index contributed by atoms with van der Waals surface area (Å²) in [5.41, 5.74) is 0.222. The zero-order chi connectivity index (χ0) is 22.1. The Bertz CT molecular complexity index is 1210. The predicted octanol–water partition coefficient (Wildman–Crippen LogP) is 2.16. The summed E-state index contributed by atoms with van der Waals surface area (Å²) < 4.78 is 62.7. The fourth-order valence-electron chi connectivity index (χ4n) is 2.45. The number of benzene rings is 1. The number of hydrogen-bond acceptors (Lipinski definition) is 6. The molecule has 0 unspecified atom stereocenters. The second-order valence-electron chi connectivity index (χ2n) is 5.92. The average molecular weight is 461 g/mol. The number of nitrogens with zero attached hydrogens (tertiary/aromatic N) is 4. The Hall–Kier alpha value is -3.03. The van der Waals surface area contributed by atoms with Gasteiger partial charge in [-0.25, -0.2) is 28.2 Å². The van der Waals surface area contributed by atoms with E-state index in [9.17, 15) is 26.4 Å². The maximum absolute atomic E-state index is 12.7. The third kappa shape index (κ3) is 4.93. The first kappa shape index (κ1) is 21.7. The van der Waals surface area contributed by atoms with Gasteiger partial charge in [0.25, 0.3) is 5.82 Å². The number of alkyl halides is 3. The minimum atomic E-state index is -4.81. The first-order valence-corrected chi connectivity index (χ1v) is 9.93. The van der Waals surface area contributed by atoms with E-state index in [0.717, 1.165) is 12.1 Å². The van der Waals surface area contributed by atoms with Crippen LogP contribution >= 0.6 is 11.6 Å². The van der Waals surface area contributed by atoms with Crippen molar-refractivity contribution in [1.29, 1.82) is 0 Å². The zero-order valence-corrected chi connectivity index (χ0v) is 16.3. The normalized spacial score (nSPS) is 12.0. The number of nitrogens with two attached hydrogens (primary N) is 1. The summed E-state index contributed by atoms with van der Waals surface area (Å²) in [6.07, 6.45) is -2.80. The number of anilines is 1. The fourth-order valence-corrected chi connectivity index (χ4v) is 3.38. The molecule has 3 N–H and O–H groups in total. The summed E-state index contributed by atoms with van der Waals surface area (Å²) in [4.78, 5) is 18.6. The molecule has 0 radical (unpaired) electrons. The SMILES string of the molecule is NS(=O)(=O)c1cc(NC(=O)Cc2cccnc2Cl)ccc1-n1cnc(C(F)(F)F)n1. The summed E-state index contributed by atoms with van der Waals surface area (Å²) in [6.45, 7) is 0. The average Bonchev–Trinajstić information content (AvgIpc) is 3.13. The molecule has 0 aliphatic rings. The van der Waals surface area contributed by atoms with E-state index in [0.29, 0.717) is 16.6 Å². The third-order valence-electron chi connectivity index (χ3n) is 3.73. The summed E-state index contributed by atoms with van der Waals surface area (Å²) in [5, 5.41) is 11.0. The van der Waals surface area contributed by atoms with Gasteiger partial charge in [-0.05, 0) is 29.8 Å². The molecule has 158 valence electrons. The van der Waals surface area contributed by atoms with Gasteiger partial charge in [0.05, 0.1) is 12.1 Å². The van der Waals surface area contributed by atoms with Crippen LogP contribution in [0, 0.1) is 0 Å². The smallest absolute Gasteiger partial charge is 0.326 e. The van der Waals surface area contributed by atoms with Gasteiger partial charge in [-0.15, -0.1) is 5.10 Å². The number of carbonyl (C=O) groups is 1. The Balaban J connectivity index is 1.91. The summed E-state index contributed by atoms with van der Waals surface area (Å²) >= 11 is 5.90. The monoisotopic (exact) mass is 460 g/mol. The van der Waals surface area contributed by atoms with E-state index < -0.39 is 32.8 Å². The Kier molecular flexibility index (Phi) is 5.78. The Morgan fingerprint density at radius 3 is 2.57 bits per heavy atom. The van der Waals surface area contributed by atoms with Crippen molar-refractivity contribution in [2.45, 2.75) is 17.5 Å². The molecule has 0 spiro atoms. The molecule has 0 saturated heterocycles. The quantitative estimate of drug-likeness (QED) is 0.560. The number of nitrogens with one attached hydrogen (secondary N) is 1. The van der Waals surface area contributed by atoms with Gasteiger partial charge < -0.3 is 5.32 Å². The molecule has 3 rings (SSSR count). The Labute approximate surface area is 172 Å². The topological polar surface area (TPSA) is 133 Å². The van der Waals surface area contributed by atoms with Crippen LogP contribution in [0.1, 0.15) is 11.4 Å². The molecule has 1 amide bonds. The third-order valence-corrected chi connectivity index (χ3v) is 5.01. The molecule has 14 heteroatoms. The van der Waals surface area contributed by atoms with E-state index in [4.69, 9.17) is 16.7 Å². The molecule has 0 bridgehead atoms. The highest BCUT2D eigenvalue weighted by Crippen LogP contribution is 2.28. The van der Waals surface area contributed by atoms with E-state index in [1.165, 1.54) is 12.3 Å². The Morgan fingerprint density at radius 1 is 1.23 bits per heavy atom. The van der Waals surface area contributed by atoms with Crippen LogP contribution in [0.4, 0.5) is 18.9 Å². The lowest BCUT2D eigenvalue weighted by molar-refractivity contribution is -0.144. The summed E-state index contributed by atoms with van der Waals surface area (Å²) in [7, 11) is -4.38. The van der Waals surface area contributed by atoms with Crippen LogP contribution in [0.5, 0.6) is 0 Å². The number of amides is 1. The fraction of sp³-hybridized carbons (Fsp3) is 0.125. The van der Waals surface area contributed by atoms with Gasteiger partial charge in [0.2, 0.25) is 15.9 Å². The number of sulfonamides is 1. The number of rotatable bonds is 5. The molecular weight excluding hydrogens is 449 g/mol. The van der Waals surface area contributed by atoms with Crippen molar-refractivity contribution >= 4 is 33.2 Å². The van der Waals surface area contributed by atoms with Crippen molar-refractivity contribution in [2.24, 2.45) is 5.14 Å². The standard InChI is InChI=1S/C16H12ClF3N6O3S/c17-14-9(2-1-5-22-14)6-13(27)24-10-3-4-11(12(7-10)30(21,28)29)26-8-23-15(25-26)16(18,19)20/h1-5,7-8H,6H2,(H,24,27)(H2,21,28,29). The van der Waals surface area contributed by atoms with Gasteiger partial charge >= 0.3 is 6.18 Å². The number of primary sulfonamides is 1. The minimum absolute atomic E-state index is 0.0453. The minimum Gasteiger partial charge on any atom is -0.326 e. The van der Waals surface area contributed by atoms with Gasteiger partial charge in [0.15, 0.2) is 0 Å². The Morgan fingerprint density at radius 2 is 1.97 bits per heavy atom. The molecule has 2 aromatic heterocycles. The highest BCUT2D eigenvalue weighted by Gasteiger charge is 2.36. The second kappa shape index (κ2) is 8.01. The van der Waals surface area contributed by atoms with Crippen molar-refractivity contribution in [2.75, 3.05) is 5.32 Å². The molecule has 0 saturated carbocycles. The molecule has 0 aliphatic heterocycles. The van der Waals surface area contributed by atoms with E-state index in [-0.39, 0.29) is 22.9 Å². The maximum Gasteiger partial charge on any atom is 0.453 e. The van der Waals surface area contributed by atoms with Gasteiger partial charge in [-0.2, -0.15) is 13.2 Å². The number of halogens is 4. The molecule has 2 heterocycles. The van der Waals surface area contributed by atoms with Crippen molar-refractivity contribution in [1.82, 2.24) is 19.7 Å². The molecule has 0 aliphatic carbocycles. The second-order valence-corrected chi connectivity index (χ2v) is 7.80. The first-order valence-electron chi connectivity index (χ1n) is 8.00. The van der Waals surface area contributed by atoms with Gasteiger partial charge in [-0.3, -0.25) is 4.79 Å². The van der Waals surface area contributed by atoms with E-state index >= 15 is 0 Å². The van der Waals surface area contributed by atoms with E-state index in [1.807, 2.05) is 0 Å². The van der Waals surface area contributed by atoms with Crippen LogP contribution in [-0.2, 0) is 27.4 Å². The molecule has 3 aromatic rings. The molecule has 30 heavy (non-hydrogen) atoms. The van der Waals surface area contributed by atoms with E-state index in [1.54, 1.807) is 12.1 Å². The molecule has 0 fully saturated rings. The predicted molar refractivity (Wildman–Crippen MR) is 99.3 cm³/mol. The maximum atomic E-state index is 12.7. The van der Waals surface area contributed by atoms with Crippen LogP contribution in [0.3, 0.4) is 0 Å². The summed E-state index contributed by atoms with van der Waals surface area (Å²) in [5.74, 6) is -1.98. The van der Waals surface area contributed by atoms with Gasteiger partial charge in [-0.1, -0.05) is 17.7 Å². The lowest BCUT2D eigenvalue weighted by atomic mass is 10.2.